The molecular weight excluding hydrogens is 249 g/mol. The van der Waals surface area contributed by atoms with Crippen LogP contribution < -0.4 is 4.74 Å². The molecule has 0 bridgehead atoms. The number of phenols is 1. The van der Waals surface area contributed by atoms with Gasteiger partial charge < -0.3 is 9.84 Å². The number of carbonyl (C=O) groups excluding carboxylic acids is 1. The summed E-state index contributed by atoms with van der Waals surface area (Å²) in [4.78, 5) is 11.3. The summed E-state index contributed by atoms with van der Waals surface area (Å²) >= 11 is 0. The molecule has 0 aromatic heterocycles. The van der Waals surface area contributed by atoms with E-state index in [1.807, 2.05) is 6.92 Å². The second-order valence-electron chi connectivity index (χ2n) is 3.73. The van der Waals surface area contributed by atoms with E-state index >= 15 is 0 Å². The van der Waals surface area contributed by atoms with Crippen LogP contribution in [-0.4, -0.2) is 11.1 Å². The molecule has 0 aliphatic carbocycles. The van der Waals surface area contributed by atoms with Crippen LogP contribution in [0.2, 0.25) is 0 Å². The molecule has 3 nitrogen and oxygen atoms in total. The second kappa shape index (κ2) is 5.75. The summed E-state index contributed by atoms with van der Waals surface area (Å²) in [5, 5.41) is 9.20. The summed E-state index contributed by atoms with van der Waals surface area (Å²) < 4.78 is 42.6. The third-order valence-corrected chi connectivity index (χ3v) is 2.25. The van der Waals surface area contributed by atoms with E-state index in [-0.39, 0.29) is 6.42 Å². The number of rotatable bonds is 4. The van der Waals surface area contributed by atoms with Gasteiger partial charge in [-0.05, 0) is 18.6 Å². The summed E-state index contributed by atoms with van der Waals surface area (Å²) in [5.74, 6) is -2.36. The first kappa shape index (κ1) is 14.3. The first-order valence-electron chi connectivity index (χ1n) is 5.46. The van der Waals surface area contributed by atoms with Gasteiger partial charge in [-0.15, -0.1) is 0 Å². The molecule has 0 saturated carbocycles. The van der Waals surface area contributed by atoms with Gasteiger partial charge in [0.05, 0.1) is 0 Å². The fraction of sp³-hybridized carbons (Fsp3) is 0.417. The van der Waals surface area contributed by atoms with Crippen molar-refractivity contribution in [1.82, 2.24) is 0 Å². The lowest BCUT2D eigenvalue weighted by Crippen LogP contribution is -2.13. The van der Waals surface area contributed by atoms with Gasteiger partial charge in [0.15, 0.2) is 0 Å². The summed E-state index contributed by atoms with van der Waals surface area (Å²) in [6.07, 6.45) is -3.45. The molecule has 0 amide bonds. The Kier molecular flexibility index (Phi) is 4.58. The van der Waals surface area contributed by atoms with Crippen LogP contribution in [0.1, 0.15) is 31.7 Å². The number of benzene rings is 1. The topological polar surface area (TPSA) is 46.5 Å². The minimum atomic E-state index is -4.77. The molecule has 1 aromatic carbocycles. The number of unbranched alkanes of at least 4 members (excludes halogenated alkanes) is 1. The van der Waals surface area contributed by atoms with Gasteiger partial charge in [0, 0.05) is 6.42 Å². The molecule has 0 atom stereocenters. The van der Waals surface area contributed by atoms with Crippen LogP contribution in [-0.2, 0) is 11.0 Å². The van der Waals surface area contributed by atoms with Crippen LogP contribution in [0.15, 0.2) is 18.2 Å². The van der Waals surface area contributed by atoms with Crippen LogP contribution in [0.3, 0.4) is 0 Å². The Morgan fingerprint density at radius 1 is 1.39 bits per heavy atom. The average Bonchev–Trinajstić information content (AvgIpc) is 2.24. The van der Waals surface area contributed by atoms with E-state index in [4.69, 9.17) is 0 Å². The van der Waals surface area contributed by atoms with Gasteiger partial charge in [-0.2, -0.15) is 13.2 Å². The summed E-state index contributed by atoms with van der Waals surface area (Å²) in [7, 11) is 0. The highest BCUT2D eigenvalue weighted by Crippen LogP contribution is 2.41. The zero-order chi connectivity index (χ0) is 13.8. The smallest absolute Gasteiger partial charge is 0.423 e. The third-order valence-electron chi connectivity index (χ3n) is 2.25. The maximum Gasteiger partial charge on any atom is 0.423 e. The molecule has 0 unspecified atom stereocenters. The zero-order valence-electron chi connectivity index (χ0n) is 9.75. The minimum absolute atomic E-state index is 0.0451. The standard InChI is InChI=1S/C12H13F3O3/c1-2-3-7-10(17)18-9-6-4-5-8(16)11(9)12(13,14)15/h4-6,16H,2-3,7H2,1H3. The van der Waals surface area contributed by atoms with Crippen molar-refractivity contribution < 1.29 is 27.8 Å². The fourth-order valence-corrected chi connectivity index (χ4v) is 1.38. The lowest BCUT2D eigenvalue weighted by molar-refractivity contribution is -0.143. The van der Waals surface area contributed by atoms with E-state index < -0.39 is 29.2 Å². The quantitative estimate of drug-likeness (QED) is 0.667. The van der Waals surface area contributed by atoms with Gasteiger partial charge in [0.25, 0.3) is 0 Å². The van der Waals surface area contributed by atoms with Crippen molar-refractivity contribution in [3.05, 3.63) is 23.8 Å². The van der Waals surface area contributed by atoms with E-state index in [0.29, 0.717) is 6.42 Å². The molecule has 0 aliphatic heterocycles. The van der Waals surface area contributed by atoms with Crippen LogP contribution in [0, 0.1) is 0 Å². The first-order chi connectivity index (χ1) is 8.36. The first-order valence-corrected chi connectivity index (χ1v) is 5.46. The van der Waals surface area contributed by atoms with Crippen molar-refractivity contribution in [2.45, 2.75) is 32.4 Å². The van der Waals surface area contributed by atoms with Crippen molar-refractivity contribution in [2.75, 3.05) is 0 Å². The van der Waals surface area contributed by atoms with Crippen LogP contribution in [0.25, 0.3) is 0 Å². The van der Waals surface area contributed by atoms with Gasteiger partial charge >= 0.3 is 12.1 Å². The number of hydrogen-bond acceptors (Lipinski definition) is 3. The predicted octanol–water partition coefficient (Wildman–Crippen LogP) is 3.51. The van der Waals surface area contributed by atoms with E-state index in [9.17, 15) is 23.1 Å². The predicted molar refractivity (Wildman–Crippen MR) is 58.3 cm³/mol. The number of ether oxygens (including phenoxy) is 1. The average molecular weight is 262 g/mol. The van der Waals surface area contributed by atoms with E-state index in [1.54, 1.807) is 0 Å². The second-order valence-corrected chi connectivity index (χ2v) is 3.73. The van der Waals surface area contributed by atoms with E-state index in [0.717, 1.165) is 18.6 Å². The van der Waals surface area contributed by atoms with Crippen LogP contribution in [0.5, 0.6) is 11.5 Å². The highest BCUT2D eigenvalue weighted by molar-refractivity contribution is 5.73. The Morgan fingerprint density at radius 3 is 2.61 bits per heavy atom. The normalized spacial score (nSPS) is 11.3. The molecule has 0 heterocycles. The molecule has 0 radical (unpaired) electrons. The van der Waals surface area contributed by atoms with Crippen molar-refractivity contribution >= 4 is 5.97 Å². The highest BCUT2D eigenvalue weighted by atomic mass is 19.4. The lowest BCUT2D eigenvalue weighted by Gasteiger charge is -2.13. The Balaban J connectivity index is 2.96. The number of phenolic OH excluding ortho intramolecular Hbond substituents is 1. The summed E-state index contributed by atoms with van der Waals surface area (Å²) in [6, 6.07) is 3.09. The lowest BCUT2D eigenvalue weighted by atomic mass is 10.1. The Hall–Kier alpha value is -1.72. The number of carbonyl (C=O) groups is 1. The zero-order valence-corrected chi connectivity index (χ0v) is 9.75. The SMILES string of the molecule is CCCCC(=O)Oc1cccc(O)c1C(F)(F)F. The third kappa shape index (κ3) is 3.65. The Labute approximate surface area is 102 Å². The molecule has 1 N–H and O–H groups in total. The van der Waals surface area contributed by atoms with Crippen molar-refractivity contribution in [1.29, 1.82) is 0 Å². The van der Waals surface area contributed by atoms with Gasteiger partial charge in [-0.1, -0.05) is 19.4 Å². The largest absolute Gasteiger partial charge is 0.507 e. The molecule has 0 fully saturated rings. The van der Waals surface area contributed by atoms with Gasteiger partial charge in [-0.25, -0.2) is 0 Å². The maximum atomic E-state index is 12.7. The molecule has 18 heavy (non-hydrogen) atoms. The highest BCUT2D eigenvalue weighted by Gasteiger charge is 2.38. The summed E-state index contributed by atoms with van der Waals surface area (Å²) in [5.41, 5.74) is -1.32. The van der Waals surface area contributed by atoms with Crippen LogP contribution >= 0.6 is 0 Å². The maximum absolute atomic E-state index is 12.7. The number of halogens is 3. The molecule has 0 aliphatic rings. The van der Waals surface area contributed by atoms with Crippen molar-refractivity contribution in [3.63, 3.8) is 0 Å². The minimum Gasteiger partial charge on any atom is -0.507 e. The molecule has 0 spiro atoms. The molecule has 1 aromatic rings. The van der Waals surface area contributed by atoms with E-state index in [2.05, 4.69) is 4.74 Å². The summed E-state index contributed by atoms with van der Waals surface area (Å²) in [6.45, 7) is 1.85. The monoisotopic (exact) mass is 262 g/mol. The Bertz CT molecular complexity index is 427. The molecule has 6 heteroatoms. The van der Waals surface area contributed by atoms with Crippen molar-refractivity contribution in [3.8, 4) is 11.5 Å². The van der Waals surface area contributed by atoms with E-state index in [1.165, 1.54) is 6.07 Å². The fourth-order valence-electron chi connectivity index (χ4n) is 1.38. The number of alkyl halides is 3. The van der Waals surface area contributed by atoms with Gasteiger partial charge in [0.1, 0.15) is 17.1 Å². The Morgan fingerprint density at radius 2 is 2.06 bits per heavy atom. The van der Waals surface area contributed by atoms with Crippen LogP contribution in [0.4, 0.5) is 13.2 Å². The van der Waals surface area contributed by atoms with Crippen molar-refractivity contribution in [2.24, 2.45) is 0 Å². The van der Waals surface area contributed by atoms with Gasteiger partial charge in [-0.3, -0.25) is 4.79 Å². The molecule has 100 valence electrons. The molecule has 1 rings (SSSR count). The molecule has 0 saturated heterocycles. The van der Waals surface area contributed by atoms with Gasteiger partial charge in [0.2, 0.25) is 0 Å². The number of aromatic hydroxyl groups is 1. The molecular formula is C12H13F3O3. The number of hydrogen-bond donors (Lipinski definition) is 1. The number of esters is 1.